The van der Waals surface area contributed by atoms with Crippen LogP contribution < -0.4 is 19.7 Å². The number of ether oxygens (including phenoxy) is 2. The number of imide groups is 1. The summed E-state index contributed by atoms with van der Waals surface area (Å²) < 4.78 is 51.1. The number of hydrogen-bond acceptors (Lipinski definition) is 5. The predicted molar refractivity (Wildman–Crippen MR) is 115 cm³/mol. The zero-order valence-electron chi connectivity index (χ0n) is 17.5. The number of methoxy groups -OCH3 is 2. The lowest BCUT2D eigenvalue weighted by molar-refractivity contribution is -0.120. The van der Waals surface area contributed by atoms with Gasteiger partial charge in [0.1, 0.15) is 23.0 Å². The second-order valence-corrected chi connectivity index (χ2v) is 6.99. The van der Waals surface area contributed by atoms with Crippen LogP contribution in [0, 0.1) is 17.5 Å². The van der Waals surface area contributed by atoms with Crippen molar-refractivity contribution in [2.75, 3.05) is 24.4 Å². The van der Waals surface area contributed by atoms with Crippen LogP contribution in [0.4, 0.5) is 24.5 Å². The number of benzene rings is 3. The molecule has 0 aromatic heterocycles. The highest BCUT2D eigenvalue weighted by Gasteiger charge is 2.41. The van der Waals surface area contributed by atoms with E-state index in [1.165, 1.54) is 44.6 Å². The maximum absolute atomic E-state index is 13.7. The largest absolute Gasteiger partial charge is 0.497 e. The Morgan fingerprint density at radius 2 is 1.52 bits per heavy atom. The molecule has 4 rings (SSSR count). The van der Waals surface area contributed by atoms with Crippen LogP contribution >= 0.6 is 0 Å². The van der Waals surface area contributed by atoms with Gasteiger partial charge in [-0.3, -0.25) is 9.59 Å². The van der Waals surface area contributed by atoms with Gasteiger partial charge in [0.25, 0.3) is 11.8 Å². The van der Waals surface area contributed by atoms with Crippen LogP contribution in [-0.2, 0) is 9.59 Å². The van der Waals surface area contributed by atoms with E-state index in [2.05, 4.69) is 5.32 Å². The van der Waals surface area contributed by atoms with E-state index in [0.717, 1.165) is 29.2 Å². The summed E-state index contributed by atoms with van der Waals surface area (Å²) in [4.78, 5) is 27.8. The van der Waals surface area contributed by atoms with Crippen LogP contribution in [0.2, 0.25) is 0 Å². The number of hydrogen-bond donors (Lipinski definition) is 1. The molecule has 1 aliphatic rings. The van der Waals surface area contributed by atoms with Gasteiger partial charge in [0.15, 0.2) is 11.6 Å². The Balaban J connectivity index is 1.86. The number of nitrogens with one attached hydrogen (secondary N) is 1. The second-order valence-electron chi connectivity index (χ2n) is 6.99. The van der Waals surface area contributed by atoms with Gasteiger partial charge >= 0.3 is 0 Å². The zero-order chi connectivity index (χ0) is 23.7. The molecule has 0 spiro atoms. The van der Waals surface area contributed by atoms with Crippen LogP contribution in [0.1, 0.15) is 5.56 Å². The van der Waals surface area contributed by atoms with E-state index < -0.39 is 29.3 Å². The minimum atomic E-state index is -1.13. The lowest BCUT2D eigenvalue weighted by atomic mass is 10.0. The van der Waals surface area contributed by atoms with Crippen molar-refractivity contribution < 1.29 is 32.2 Å². The first kappa shape index (κ1) is 21.9. The molecule has 0 fully saturated rings. The van der Waals surface area contributed by atoms with Gasteiger partial charge in [-0.2, -0.15) is 0 Å². The highest BCUT2D eigenvalue weighted by atomic mass is 19.2. The summed E-state index contributed by atoms with van der Waals surface area (Å²) in [6.45, 7) is 0. The SMILES string of the molecule is COc1ccc(OC)c(N2C(=O)C(Nc3ccc(F)c(F)c3)=C(c3ccc(F)cc3)C2=O)c1. The lowest BCUT2D eigenvalue weighted by Crippen LogP contribution is -2.32. The molecular weight excluding hydrogens is 437 g/mol. The first-order valence-electron chi connectivity index (χ1n) is 9.67. The molecule has 33 heavy (non-hydrogen) atoms. The van der Waals surface area contributed by atoms with E-state index >= 15 is 0 Å². The minimum Gasteiger partial charge on any atom is -0.497 e. The molecule has 1 aliphatic heterocycles. The van der Waals surface area contributed by atoms with Gasteiger partial charge in [-0.05, 0) is 42.0 Å². The molecule has 0 atom stereocenters. The van der Waals surface area contributed by atoms with Gasteiger partial charge in [-0.15, -0.1) is 0 Å². The van der Waals surface area contributed by atoms with Gasteiger partial charge in [0.05, 0.1) is 25.5 Å². The Morgan fingerprint density at radius 3 is 2.15 bits per heavy atom. The molecule has 1 heterocycles. The third-order valence-corrected chi connectivity index (χ3v) is 5.03. The second kappa shape index (κ2) is 8.70. The quantitative estimate of drug-likeness (QED) is 0.555. The molecule has 0 saturated heterocycles. The molecule has 2 amide bonds. The third kappa shape index (κ3) is 4.00. The Kier molecular flexibility index (Phi) is 5.78. The molecule has 168 valence electrons. The number of rotatable bonds is 6. The van der Waals surface area contributed by atoms with Gasteiger partial charge in [0.2, 0.25) is 0 Å². The van der Waals surface area contributed by atoms with E-state index in [9.17, 15) is 22.8 Å². The van der Waals surface area contributed by atoms with Gasteiger partial charge in [-0.1, -0.05) is 12.1 Å². The molecule has 9 heteroatoms. The average molecular weight is 454 g/mol. The number of nitrogens with zero attached hydrogens (tertiary/aromatic N) is 1. The van der Waals surface area contributed by atoms with Crippen molar-refractivity contribution in [2.45, 2.75) is 0 Å². The minimum absolute atomic E-state index is 0.0455. The molecule has 0 aliphatic carbocycles. The topological polar surface area (TPSA) is 67.9 Å². The summed E-state index contributed by atoms with van der Waals surface area (Å²) in [7, 11) is 2.81. The van der Waals surface area contributed by atoms with Crippen LogP contribution in [-0.4, -0.2) is 26.0 Å². The van der Waals surface area contributed by atoms with Gasteiger partial charge < -0.3 is 14.8 Å². The van der Waals surface area contributed by atoms with E-state index in [1.807, 2.05) is 0 Å². The van der Waals surface area contributed by atoms with Crippen molar-refractivity contribution in [3.05, 3.63) is 89.4 Å². The summed E-state index contributed by atoms with van der Waals surface area (Å²) >= 11 is 0. The Bertz CT molecular complexity index is 1290. The fourth-order valence-corrected chi connectivity index (χ4v) is 3.44. The van der Waals surface area contributed by atoms with Crippen molar-refractivity contribution in [3.8, 4) is 11.5 Å². The molecule has 6 nitrogen and oxygen atoms in total. The molecule has 3 aromatic carbocycles. The molecule has 1 N–H and O–H groups in total. The van der Waals surface area contributed by atoms with Crippen molar-refractivity contribution in [1.29, 1.82) is 0 Å². The summed E-state index contributed by atoms with van der Waals surface area (Å²) in [6.07, 6.45) is 0. The molecule has 0 saturated carbocycles. The molecule has 3 aromatic rings. The van der Waals surface area contributed by atoms with E-state index in [0.29, 0.717) is 5.75 Å². The van der Waals surface area contributed by atoms with Crippen LogP contribution in [0.25, 0.3) is 5.57 Å². The van der Waals surface area contributed by atoms with Crippen molar-refractivity contribution in [3.63, 3.8) is 0 Å². The first-order valence-corrected chi connectivity index (χ1v) is 9.67. The fraction of sp³-hybridized carbons (Fsp3) is 0.0833. The van der Waals surface area contributed by atoms with Crippen LogP contribution in [0.3, 0.4) is 0 Å². The van der Waals surface area contributed by atoms with E-state index in [-0.39, 0.29) is 34.0 Å². The number of carbonyl (C=O) groups is 2. The maximum Gasteiger partial charge on any atom is 0.282 e. The van der Waals surface area contributed by atoms with Crippen LogP contribution in [0.5, 0.6) is 11.5 Å². The Hall–Kier alpha value is -4.27. The number of amides is 2. The first-order chi connectivity index (χ1) is 15.8. The van der Waals surface area contributed by atoms with E-state index in [4.69, 9.17) is 9.47 Å². The Morgan fingerprint density at radius 1 is 0.788 bits per heavy atom. The molecule has 0 unspecified atom stereocenters. The fourth-order valence-electron chi connectivity index (χ4n) is 3.44. The summed E-state index contributed by atoms with van der Waals surface area (Å²) in [5, 5.41) is 2.71. The average Bonchev–Trinajstić information content (AvgIpc) is 3.05. The highest BCUT2D eigenvalue weighted by molar-refractivity contribution is 6.46. The highest BCUT2D eigenvalue weighted by Crippen LogP contribution is 2.39. The number of anilines is 2. The standard InChI is InChI=1S/C24H17F3N2O4/c1-32-16-8-10-20(33-2)19(12-16)29-23(30)21(13-3-5-14(25)6-4-13)22(24(29)31)28-15-7-9-17(26)18(27)11-15/h3-12,28H,1-2H3. The van der Waals surface area contributed by atoms with E-state index in [1.54, 1.807) is 6.07 Å². The maximum atomic E-state index is 13.7. The summed E-state index contributed by atoms with van der Waals surface area (Å²) in [6, 6.07) is 12.5. The molecule has 0 bridgehead atoms. The predicted octanol–water partition coefficient (Wildman–Crippen LogP) is 4.52. The van der Waals surface area contributed by atoms with Gasteiger partial charge in [0, 0.05) is 17.8 Å². The van der Waals surface area contributed by atoms with Crippen molar-refractivity contribution in [1.82, 2.24) is 0 Å². The lowest BCUT2D eigenvalue weighted by Gasteiger charge is -2.19. The monoisotopic (exact) mass is 454 g/mol. The molecule has 0 radical (unpaired) electrons. The Labute approximate surface area is 186 Å². The number of halogens is 3. The van der Waals surface area contributed by atoms with Gasteiger partial charge in [-0.25, -0.2) is 18.1 Å². The summed E-state index contributed by atoms with van der Waals surface area (Å²) in [5.41, 5.74) is 0.152. The normalized spacial score (nSPS) is 13.5. The number of carbonyl (C=O) groups excluding carboxylic acids is 2. The smallest absolute Gasteiger partial charge is 0.282 e. The third-order valence-electron chi connectivity index (χ3n) is 5.03. The summed E-state index contributed by atoms with van der Waals surface area (Å²) in [5.74, 6) is -3.62. The van der Waals surface area contributed by atoms with Crippen molar-refractivity contribution >= 4 is 28.8 Å². The van der Waals surface area contributed by atoms with Crippen LogP contribution in [0.15, 0.2) is 66.4 Å². The molecular formula is C24H17F3N2O4. The zero-order valence-corrected chi connectivity index (χ0v) is 17.5. The van der Waals surface area contributed by atoms with Crippen molar-refractivity contribution in [2.24, 2.45) is 0 Å².